The standard InChI is InChI=1S/C24H25NO4/c26-22(17-10-12-19(13-11-17)28-18-6-2-1-3-7-18)25-15-14-24(16-25)21-9-5-4-8-20(21)23(27)29-24/h4-5,8-13,18H,1-3,6-7,14-16H2/t24-/m0/s1. The van der Waals surface area contributed by atoms with Crippen molar-refractivity contribution in [1.82, 2.24) is 4.90 Å². The first kappa shape index (κ1) is 18.2. The van der Waals surface area contributed by atoms with E-state index in [1.54, 1.807) is 11.0 Å². The summed E-state index contributed by atoms with van der Waals surface area (Å²) in [4.78, 5) is 27.0. The molecule has 3 aliphatic rings. The van der Waals surface area contributed by atoms with Crippen LogP contribution in [0.2, 0.25) is 0 Å². The van der Waals surface area contributed by atoms with E-state index in [2.05, 4.69) is 0 Å². The van der Waals surface area contributed by atoms with Gasteiger partial charge in [-0.3, -0.25) is 4.79 Å². The second-order valence-corrected chi connectivity index (χ2v) is 8.31. The Morgan fingerprint density at radius 1 is 1.03 bits per heavy atom. The van der Waals surface area contributed by atoms with E-state index >= 15 is 0 Å². The summed E-state index contributed by atoms with van der Waals surface area (Å²) < 4.78 is 11.8. The van der Waals surface area contributed by atoms with Gasteiger partial charge in [0, 0.05) is 24.1 Å². The second-order valence-electron chi connectivity index (χ2n) is 8.31. The van der Waals surface area contributed by atoms with Crippen LogP contribution in [0.15, 0.2) is 48.5 Å². The minimum Gasteiger partial charge on any atom is -0.490 e. The van der Waals surface area contributed by atoms with Crippen molar-refractivity contribution >= 4 is 11.9 Å². The predicted octanol–water partition coefficient (Wildman–Crippen LogP) is 4.31. The number of hydrogen-bond acceptors (Lipinski definition) is 4. The highest BCUT2D eigenvalue weighted by Gasteiger charge is 2.50. The van der Waals surface area contributed by atoms with Gasteiger partial charge < -0.3 is 14.4 Å². The van der Waals surface area contributed by atoms with Gasteiger partial charge in [0.2, 0.25) is 0 Å². The van der Waals surface area contributed by atoms with E-state index in [-0.39, 0.29) is 11.9 Å². The molecule has 2 aromatic rings. The summed E-state index contributed by atoms with van der Waals surface area (Å²) in [6.07, 6.45) is 6.89. The van der Waals surface area contributed by atoms with Crippen molar-refractivity contribution in [3.05, 3.63) is 65.2 Å². The fraction of sp³-hybridized carbons (Fsp3) is 0.417. The molecule has 29 heavy (non-hydrogen) atoms. The molecule has 1 spiro atoms. The minimum atomic E-state index is -0.701. The number of fused-ring (bicyclic) bond motifs is 2. The van der Waals surface area contributed by atoms with Gasteiger partial charge in [0.15, 0.2) is 5.60 Å². The molecule has 5 heteroatoms. The van der Waals surface area contributed by atoms with Crippen LogP contribution in [0.3, 0.4) is 0 Å². The maximum Gasteiger partial charge on any atom is 0.339 e. The Kier molecular flexibility index (Phi) is 4.53. The molecule has 1 aliphatic carbocycles. The maximum atomic E-state index is 13.0. The van der Waals surface area contributed by atoms with Gasteiger partial charge in [-0.25, -0.2) is 4.79 Å². The number of hydrogen-bond donors (Lipinski definition) is 0. The first-order valence-electron chi connectivity index (χ1n) is 10.5. The molecule has 0 radical (unpaired) electrons. The van der Waals surface area contributed by atoms with Gasteiger partial charge in [0.25, 0.3) is 5.91 Å². The normalized spacial score (nSPS) is 23.9. The summed E-state index contributed by atoms with van der Waals surface area (Å²) in [5, 5.41) is 0. The van der Waals surface area contributed by atoms with Crippen molar-refractivity contribution in [2.24, 2.45) is 0 Å². The van der Waals surface area contributed by atoms with Crippen LogP contribution in [0.25, 0.3) is 0 Å². The van der Waals surface area contributed by atoms with Crippen molar-refractivity contribution in [1.29, 1.82) is 0 Å². The number of ether oxygens (including phenoxy) is 2. The lowest BCUT2D eigenvalue weighted by molar-refractivity contribution is -0.00306. The Morgan fingerprint density at radius 3 is 2.59 bits per heavy atom. The number of carbonyl (C=O) groups excluding carboxylic acids is 2. The average molecular weight is 391 g/mol. The largest absolute Gasteiger partial charge is 0.490 e. The van der Waals surface area contributed by atoms with Gasteiger partial charge >= 0.3 is 5.97 Å². The number of esters is 1. The van der Waals surface area contributed by atoms with E-state index in [9.17, 15) is 9.59 Å². The number of benzene rings is 2. The van der Waals surface area contributed by atoms with Crippen LogP contribution in [0.1, 0.15) is 64.8 Å². The molecule has 1 atom stereocenters. The quantitative estimate of drug-likeness (QED) is 0.732. The molecule has 2 aromatic carbocycles. The van der Waals surface area contributed by atoms with Crippen molar-refractivity contribution in [3.8, 4) is 5.75 Å². The van der Waals surface area contributed by atoms with Crippen molar-refractivity contribution in [2.75, 3.05) is 13.1 Å². The molecule has 0 aromatic heterocycles. The zero-order chi connectivity index (χ0) is 19.8. The van der Waals surface area contributed by atoms with E-state index < -0.39 is 5.60 Å². The van der Waals surface area contributed by atoms with Crippen LogP contribution < -0.4 is 4.74 Å². The van der Waals surface area contributed by atoms with Crippen LogP contribution in [-0.4, -0.2) is 36.0 Å². The Hall–Kier alpha value is -2.82. The molecule has 0 unspecified atom stereocenters. The van der Waals surface area contributed by atoms with Gasteiger partial charge in [-0.1, -0.05) is 24.6 Å². The summed E-state index contributed by atoms with van der Waals surface area (Å²) in [6, 6.07) is 14.9. The zero-order valence-corrected chi connectivity index (χ0v) is 16.4. The lowest BCUT2D eigenvalue weighted by Gasteiger charge is -2.24. The Balaban J connectivity index is 1.28. The molecule has 5 nitrogen and oxygen atoms in total. The summed E-state index contributed by atoms with van der Waals surface area (Å²) >= 11 is 0. The first-order chi connectivity index (χ1) is 14.1. The van der Waals surface area contributed by atoms with E-state index in [4.69, 9.17) is 9.47 Å². The topological polar surface area (TPSA) is 55.8 Å². The van der Waals surface area contributed by atoms with Gasteiger partial charge in [-0.2, -0.15) is 0 Å². The van der Waals surface area contributed by atoms with Gasteiger partial charge in [0.1, 0.15) is 5.75 Å². The summed E-state index contributed by atoms with van der Waals surface area (Å²) in [6.45, 7) is 0.968. The van der Waals surface area contributed by atoms with Crippen molar-refractivity contribution in [2.45, 2.75) is 50.2 Å². The van der Waals surface area contributed by atoms with E-state index in [0.29, 0.717) is 36.7 Å². The monoisotopic (exact) mass is 391 g/mol. The van der Waals surface area contributed by atoms with Crippen LogP contribution in [-0.2, 0) is 10.3 Å². The molecule has 1 amide bonds. The molecule has 0 N–H and O–H groups in total. The lowest BCUT2D eigenvalue weighted by Crippen LogP contribution is -2.34. The predicted molar refractivity (Wildman–Crippen MR) is 108 cm³/mol. The third-order valence-corrected chi connectivity index (χ3v) is 6.40. The fourth-order valence-electron chi connectivity index (χ4n) is 4.84. The minimum absolute atomic E-state index is 0.0356. The highest BCUT2D eigenvalue weighted by Crippen LogP contribution is 2.43. The molecule has 0 bridgehead atoms. The number of nitrogens with zero attached hydrogens (tertiary/aromatic N) is 1. The van der Waals surface area contributed by atoms with E-state index in [1.165, 1.54) is 19.3 Å². The molecule has 2 fully saturated rings. The average Bonchev–Trinajstić information content (AvgIpc) is 3.31. The molecule has 2 aliphatic heterocycles. The Morgan fingerprint density at radius 2 is 1.79 bits per heavy atom. The van der Waals surface area contributed by atoms with Gasteiger partial charge in [-0.05, 0) is 56.0 Å². The molecule has 5 rings (SSSR count). The molecule has 150 valence electrons. The lowest BCUT2D eigenvalue weighted by atomic mass is 9.91. The number of amides is 1. The van der Waals surface area contributed by atoms with Crippen LogP contribution >= 0.6 is 0 Å². The summed E-state index contributed by atoms with van der Waals surface area (Å²) in [5.41, 5.74) is 1.45. The first-order valence-corrected chi connectivity index (χ1v) is 10.5. The van der Waals surface area contributed by atoms with Crippen LogP contribution in [0, 0.1) is 0 Å². The third-order valence-electron chi connectivity index (χ3n) is 6.40. The van der Waals surface area contributed by atoms with E-state index in [1.807, 2.05) is 42.5 Å². The SMILES string of the molecule is O=C1O[C@]2(CCN(C(=O)c3ccc(OC4CCCCC4)cc3)C2)c2ccccc21. The van der Waals surface area contributed by atoms with Gasteiger partial charge in [0.05, 0.1) is 18.2 Å². The number of carbonyl (C=O) groups is 2. The van der Waals surface area contributed by atoms with Gasteiger partial charge in [-0.15, -0.1) is 0 Å². The molecule has 1 saturated heterocycles. The smallest absolute Gasteiger partial charge is 0.339 e. The number of rotatable bonds is 3. The van der Waals surface area contributed by atoms with Crippen LogP contribution in [0.5, 0.6) is 5.75 Å². The Bertz CT molecular complexity index is 932. The summed E-state index contributed by atoms with van der Waals surface area (Å²) in [7, 11) is 0. The molecule has 2 heterocycles. The van der Waals surface area contributed by atoms with Crippen LogP contribution in [0.4, 0.5) is 0 Å². The zero-order valence-electron chi connectivity index (χ0n) is 16.4. The highest BCUT2D eigenvalue weighted by molar-refractivity contribution is 5.96. The maximum absolute atomic E-state index is 13.0. The van der Waals surface area contributed by atoms with Crippen molar-refractivity contribution < 1.29 is 19.1 Å². The van der Waals surface area contributed by atoms with E-state index in [0.717, 1.165) is 24.2 Å². The Labute approximate surface area is 170 Å². The molecule has 1 saturated carbocycles. The fourth-order valence-corrected chi connectivity index (χ4v) is 4.84. The second kappa shape index (κ2) is 7.21. The summed E-state index contributed by atoms with van der Waals surface area (Å²) in [5.74, 6) is 0.496. The number of likely N-dealkylation sites (tertiary alicyclic amines) is 1. The van der Waals surface area contributed by atoms with Crippen molar-refractivity contribution in [3.63, 3.8) is 0 Å². The molecular formula is C24H25NO4. The third kappa shape index (κ3) is 3.28. The molecular weight excluding hydrogens is 366 g/mol. The highest BCUT2D eigenvalue weighted by atomic mass is 16.6.